The number of carboxylic acid groups (broad SMARTS) is 1. The molecule has 43 heavy (non-hydrogen) atoms. The number of hydrogen-bond acceptors (Lipinski definition) is 6. The van der Waals surface area contributed by atoms with Gasteiger partial charge in [-0.1, -0.05) is 23.7 Å². The number of alkyl halides is 3. The molecule has 0 fully saturated rings. The third-order valence-electron chi connectivity index (χ3n) is 6.44. The van der Waals surface area contributed by atoms with Crippen LogP contribution in [0.5, 0.6) is 11.5 Å². The minimum absolute atomic E-state index is 0.0210. The van der Waals surface area contributed by atoms with E-state index in [0.29, 0.717) is 0 Å². The summed E-state index contributed by atoms with van der Waals surface area (Å²) in [5.41, 5.74) is -1.74. The summed E-state index contributed by atoms with van der Waals surface area (Å²) >= 11 is 6.55. The van der Waals surface area contributed by atoms with Crippen LogP contribution in [0.2, 0.25) is 5.02 Å². The lowest BCUT2D eigenvalue weighted by molar-refractivity contribution is -0.137. The molecule has 8 nitrogen and oxygen atoms in total. The van der Waals surface area contributed by atoms with Gasteiger partial charge in [-0.05, 0) is 42.8 Å². The van der Waals surface area contributed by atoms with Crippen molar-refractivity contribution in [1.29, 1.82) is 5.26 Å². The van der Waals surface area contributed by atoms with Gasteiger partial charge in [0.25, 0.3) is 5.91 Å². The van der Waals surface area contributed by atoms with E-state index in [2.05, 4.69) is 4.98 Å². The number of nitriles is 1. The monoisotopic (exact) mass is 615 g/mol. The van der Waals surface area contributed by atoms with Crippen molar-refractivity contribution in [2.45, 2.75) is 19.0 Å². The quantitative estimate of drug-likeness (QED) is 0.158. The normalized spacial score (nSPS) is 11.2. The highest BCUT2D eigenvalue weighted by Gasteiger charge is 2.33. The lowest BCUT2D eigenvalue weighted by Gasteiger charge is -2.23. The van der Waals surface area contributed by atoms with Crippen LogP contribution in [-0.2, 0) is 11.0 Å². The first-order valence-corrected chi connectivity index (χ1v) is 12.9. The van der Waals surface area contributed by atoms with Gasteiger partial charge < -0.3 is 19.5 Å². The van der Waals surface area contributed by atoms with Crippen LogP contribution in [0.1, 0.15) is 34.3 Å². The maximum Gasteiger partial charge on any atom is 0.417 e. The second-order valence-electron chi connectivity index (χ2n) is 9.20. The van der Waals surface area contributed by atoms with Crippen LogP contribution in [-0.4, -0.2) is 42.7 Å². The Kier molecular flexibility index (Phi) is 9.06. The molecule has 4 aromatic rings. The van der Waals surface area contributed by atoms with Crippen LogP contribution >= 0.6 is 11.6 Å². The number of aliphatic carboxylic acids is 1. The molecule has 1 amide bonds. The molecule has 222 valence electrons. The van der Waals surface area contributed by atoms with Crippen LogP contribution in [0.3, 0.4) is 0 Å². The van der Waals surface area contributed by atoms with Crippen LogP contribution in [0, 0.1) is 17.1 Å². The maximum atomic E-state index is 14.9. The van der Waals surface area contributed by atoms with Gasteiger partial charge in [0.2, 0.25) is 0 Å². The van der Waals surface area contributed by atoms with Gasteiger partial charge >= 0.3 is 12.1 Å². The van der Waals surface area contributed by atoms with E-state index in [9.17, 15) is 32.4 Å². The Bertz CT molecular complexity index is 1770. The van der Waals surface area contributed by atoms with Crippen LogP contribution < -0.4 is 14.4 Å². The molecule has 3 aromatic carbocycles. The highest BCUT2D eigenvalue weighted by atomic mass is 35.5. The van der Waals surface area contributed by atoms with E-state index >= 15 is 0 Å². The first-order chi connectivity index (χ1) is 20.4. The molecular weight excluding hydrogens is 594 g/mol. The van der Waals surface area contributed by atoms with Gasteiger partial charge in [-0.25, -0.2) is 9.37 Å². The third-order valence-corrected chi connectivity index (χ3v) is 6.75. The minimum atomic E-state index is -4.70. The summed E-state index contributed by atoms with van der Waals surface area (Å²) < 4.78 is 66.7. The van der Waals surface area contributed by atoms with E-state index in [0.717, 1.165) is 23.1 Å². The van der Waals surface area contributed by atoms with E-state index in [4.69, 9.17) is 26.2 Å². The number of rotatable bonds is 9. The minimum Gasteiger partial charge on any atom is -0.494 e. The smallest absolute Gasteiger partial charge is 0.417 e. The molecule has 0 aliphatic heterocycles. The molecule has 0 aliphatic carbocycles. The lowest BCUT2D eigenvalue weighted by atomic mass is 9.99. The number of carbonyl (C=O) groups excluding carboxylic acids is 1. The summed E-state index contributed by atoms with van der Waals surface area (Å²) in [6, 6.07) is 12.7. The summed E-state index contributed by atoms with van der Waals surface area (Å²) in [4.78, 5) is 30.0. The Hall–Kier alpha value is -4.89. The number of amides is 1. The molecule has 1 aromatic heterocycles. The van der Waals surface area contributed by atoms with Gasteiger partial charge in [0.15, 0.2) is 5.82 Å². The number of anilines is 1. The van der Waals surface area contributed by atoms with Crippen LogP contribution in [0.15, 0.2) is 54.6 Å². The number of methoxy groups -OCH3 is 1. The molecule has 0 bridgehead atoms. The molecule has 4 rings (SSSR count). The number of pyridine rings is 1. The predicted octanol–water partition coefficient (Wildman–Crippen LogP) is 7.11. The zero-order chi connectivity index (χ0) is 31.5. The number of fused-ring (bicyclic) bond motifs is 1. The number of ether oxygens (including phenoxy) is 2. The molecule has 0 unspecified atom stereocenters. The molecule has 1 heterocycles. The number of hydrogen-bond donors (Lipinski definition) is 1. The fraction of sp³-hybridized carbons (Fsp3) is 0.200. The van der Waals surface area contributed by atoms with E-state index in [-0.39, 0.29) is 74.9 Å². The van der Waals surface area contributed by atoms with E-state index in [1.807, 2.05) is 6.07 Å². The number of carboxylic acids is 1. The average molecular weight is 616 g/mol. The van der Waals surface area contributed by atoms with Crippen LogP contribution in [0.25, 0.3) is 22.2 Å². The van der Waals surface area contributed by atoms with E-state index < -0.39 is 29.4 Å². The Morgan fingerprint density at radius 1 is 1.12 bits per heavy atom. The Labute approximate surface area is 247 Å². The summed E-state index contributed by atoms with van der Waals surface area (Å²) in [7, 11) is 2.59. The van der Waals surface area contributed by atoms with Gasteiger partial charge in [0, 0.05) is 30.5 Å². The van der Waals surface area contributed by atoms with E-state index in [1.54, 1.807) is 0 Å². The lowest BCUT2D eigenvalue weighted by Crippen LogP contribution is -2.28. The van der Waals surface area contributed by atoms with Gasteiger partial charge in [-0.3, -0.25) is 9.59 Å². The standard InChI is InChI=1S/C30H22ClF4N3O5/c1-38(28-22(32)7-4-9-24(28)42-2)29(41)19-13-18(21(31)14-25(19)43-11-5-10-26(39)40)27-16(15-36)12-17-20(30(33,34)35)6-3-8-23(17)37-27/h3-4,6-9,12-14H,5,10-11H2,1-2H3,(H,39,40). The van der Waals surface area contributed by atoms with Crippen molar-refractivity contribution >= 4 is 40.1 Å². The number of para-hydroxylation sites is 1. The second kappa shape index (κ2) is 12.5. The number of halogens is 5. The Morgan fingerprint density at radius 2 is 1.84 bits per heavy atom. The van der Waals surface area contributed by atoms with Crippen molar-refractivity contribution in [3.63, 3.8) is 0 Å². The van der Waals surface area contributed by atoms with Crippen molar-refractivity contribution in [2.24, 2.45) is 0 Å². The molecule has 0 saturated heterocycles. The first-order valence-electron chi connectivity index (χ1n) is 12.6. The van der Waals surface area contributed by atoms with Crippen molar-refractivity contribution in [3.8, 4) is 28.8 Å². The number of nitrogens with zero attached hydrogens (tertiary/aromatic N) is 3. The van der Waals surface area contributed by atoms with Gasteiger partial charge in [0.1, 0.15) is 23.3 Å². The van der Waals surface area contributed by atoms with Crippen molar-refractivity contribution in [1.82, 2.24) is 4.98 Å². The maximum absolute atomic E-state index is 14.9. The van der Waals surface area contributed by atoms with Crippen molar-refractivity contribution in [2.75, 3.05) is 25.7 Å². The zero-order valence-corrected chi connectivity index (χ0v) is 23.4. The molecule has 1 N–H and O–H groups in total. The van der Waals surface area contributed by atoms with Gasteiger partial charge in [-0.15, -0.1) is 0 Å². The highest BCUT2D eigenvalue weighted by Crippen LogP contribution is 2.40. The molecule has 13 heteroatoms. The highest BCUT2D eigenvalue weighted by molar-refractivity contribution is 6.34. The van der Waals surface area contributed by atoms with Gasteiger partial charge in [0.05, 0.1) is 46.6 Å². The Morgan fingerprint density at radius 3 is 2.49 bits per heavy atom. The summed E-state index contributed by atoms with van der Waals surface area (Å²) in [6.07, 6.45) is -4.83. The molecule has 0 atom stereocenters. The summed E-state index contributed by atoms with van der Waals surface area (Å²) in [5.74, 6) is -2.65. The SMILES string of the molecule is COc1cccc(F)c1N(C)C(=O)c1cc(-c2nc3cccc(C(F)(F)F)c3cc2C#N)c(Cl)cc1OCCCC(=O)O. The predicted molar refractivity (Wildman–Crippen MR) is 150 cm³/mol. The summed E-state index contributed by atoms with van der Waals surface area (Å²) in [5, 5.41) is 18.4. The van der Waals surface area contributed by atoms with Crippen LogP contribution in [0.4, 0.5) is 23.2 Å². The fourth-order valence-electron chi connectivity index (χ4n) is 4.43. The third kappa shape index (κ3) is 6.47. The van der Waals surface area contributed by atoms with Crippen molar-refractivity contribution < 1.29 is 41.7 Å². The number of aromatic nitrogens is 1. The molecule has 0 radical (unpaired) electrons. The molecule has 0 aliphatic rings. The number of carbonyl (C=O) groups is 2. The first kappa shape index (κ1) is 31.1. The molecule has 0 saturated carbocycles. The second-order valence-corrected chi connectivity index (χ2v) is 9.60. The summed E-state index contributed by atoms with van der Waals surface area (Å²) in [6.45, 7) is -0.118. The zero-order valence-electron chi connectivity index (χ0n) is 22.6. The Balaban J connectivity index is 1.90. The average Bonchev–Trinajstić information content (AvgIpc) is 2.96. The van der Waals surface area contributed by atoms with E-state index in [1.165, 1.54) is 50.6 Å². The topological polar surface area (TPSA) is 113 Å². The number of benzene rings is 3. The molecule has 0 spiro atoms. The fourth-order valence-corrected chi connectivity index (χ4v) is 4.67. The van der Waals surface area contributed by atoms with Crippen molar-refractivity contribution in [3.05, 3.63) is 82.1 Å². The molecular formula is C30H22ClF4N3O5. The largest absolute Gasteiger partial charge is 0.494 e. The van der Waals surface area contributed by atoms with Gasteiger partial charge in [-0.2, -0.15) is 18.4 Å².